The van der Waals surface area contributed by atoms with Gasteiger partial charge in [0.15, 0.2) is 0 Å². The molecule has 66 valence electrons. The normalized spacial score (nSPS) is 12.5. The Hall–Kier alpha value is -1.22. The second-order valence-corrected chi connectivity index (χ2v) is 2.73. The van der Waals surface area contributed by atoms with E-state index < -0.39 is 0 Å². The van der Waals surface area contributed by atoms with E-state index in [-0.39, 0.29) is 6.10 Å². The van der Waals surface area contributed by atoms with Crippen molar-refractivity contribution in [2.75, 3.05) is 12.3 Å². The second-order valence-electron chi connectivity index (χ2n) is 2.73. The summed E-state index contributed by atoms with van der Waals surface area (Å²) < 4.78 is 5.44. The van der Waals surface area contributed by atoms with Crippen LogP contribution in [0, 0.1) is 0 Å². The van der Waals surface area contributed by atoms with Gasteiger partial charge in [0, 0.05) is 12.2 Å². The third-order valence-corrected chi connectivity index (χ3v) is 1.55. The molecule has 0 aromatic heterocycles. The predicted octanol–water partition coefficient (Wildman–Crippen LogP) is 0.995. The molecular formula is C9H14N2O. The monoisotopic (exact) mass is 166 g/mol. The van der Waals surface area contributed by atoms with Crippen LogP contribution in [-0.4, -0.2) is 12.6 Å². The SMILES string of the molecule is CC(CN)Oc1ccc(N)cc1. The maximum absolute atomic E-state index is 5.51. The van der Waals surface area contributed by atoms with Crippen molar-refractivity contribution in [3.8, 4) is 5.75 Å². The summed E-state index contributed by atoms with van der Waals surface area (Å²) >= 11 is 0. The zero-order chi connectivity index (χ0) is 8.97. The molecule has 1 aromatic rings. The van der Waals surface area contributed by atoms with Crippen LogP contribution in [0.2, 0.25) is 0 Å². The van der Waals surface area contributed by atoms with Crippen LogP contribution >= 0.6 is 0 Å². The van der Waals surface area contributed by atoms with E-state index in [1.807, 2.05) is 19.1 Å². The molecular weight excluding hydrogens is 152 g/mol. The van der Waals surface area contributed by atoms with Crippen LogP contribution in [0.15, 0.2) is 24.3 Å². The Morgan fingerprint density at radius 1 is 1.33 bits per heavy atom. The Kier molecular flexibility index (Phi) is 2.94. The van der Waals surface area contributed by atoms with Crippen LogP contribution in [0.3, 0.4) is 0 Å². The average molecular weight is 166 g/mol. The van der Waals surface area contributed by atoms with Gasteiger partial charge in [-0.1, -0.05) is 0 Å². The summed E-state index contributed by atoms with van der Waals surface area (Å²) in [5, 5.41) is 0. The van der Waals surface area contributed by atoms with Gasteiger partial charge in [-0.2, -0.15) is 0 Å². The van der Waals surface area contributed by atoms with E-state index >= 15 is 0 Å². The van der Waals surface area contributed by atoms with E-state index in [1.54, 1.807) is 12.1 Å². The largest absolute Gasteiger partial charge is 0.489 e. The van der Waals surface area contributed by atoms with Crippen molar-refractivity contribution < 1.29 is 4.74 Å². The fourth-order valence-electron chi connectivity index (χ4n) is 0.827. The lowest BCUT2D eigenvalue weighted by Gasteiger charge is -2.11. The highest BCUT2D eigenvalue weighted by Crippen LogP contribution is 2.14. The van der Waals surface area contributed by atoms with Crippen molar-refractivity contribution in [2.24, 2.45) is 5.73 Å². The van der Waals surface area contributed by atoms with E-state index in [4.69, 9.17) is 16.2 Å². The first-order valence-corrected chi connectivity index (χ1v) is 3.94. The van der Waals surface area contributed by atoms with Crippen LogP contribution in [-0.2, 0) is 0 Å². The molecule has 0 saturated carbocycles. The van der Waals surface area contributed by atoms with Gasteiger partial charge in [0.05, 0.1) is 0 Å². The molecule has 0 radical (unpaired) electrons. The number of hydrogen-bond acceptors (Lipinski definition) is 3. The molecule has 1 rings (SSSR count). The molecule has 0 aliphatic heterocycles. The van der Waals surface area contributed by atoms with Crippen molar-refractivity contribution in [1.82, 2.24) is 0 Å². The maximum atomic E-state index is 5.51. The average Bonchev–Trinajstić information content (AvgIpc) is 2.09. The van der Waals surface area contributed by atoms with Crippen molar-refractivity contribution in [1.29, 1.82) is 0 Å². The summed E-state index contributed by atoms with van der Waals surface area (Å²) in [6.07, 6.45) is 0.0497. The molecule has 0 fully saturated rings. The summed E-state index contributed by atoms with van der Waals surface area (Å²) in [6.45, 7) is 2.45. The van der Waals surface area contributed by atoms with Crippen molar-refractivity contribution in [2.45, 2.75) is 13.0 Å². The van der Waals surface area contributed by atoms with Gasteiger partial charge in [-0.05, 0) is 31.2 Å². The Morgan fingerprint density at radius 2 is 1.92 bits per heavy atom. The molecule has 0 heterocycles. The van der Waals surface area contributed by atoms with Crippen molar-refractivity contribution in [3.63, 3.8) is 0 Å². The lowest BCUT2D eigenvalue weighted by molar-refractivity contribution is 0.230. The summed E-state index contributed by atoms with van der Waals surface area (Å²) in [5.74, 6) is 0.808. The number of nitrogen functional groups attached to an aromatic ring is 1. The van der Waals surface area contributed by atoms with E-state index in [1.165, 1.54) is 0 Å². The summed E-state index contributed by atoms with van der Waals surface area (Å²) in [7, 11) is 0. The highest BCUT2D eigenvalue weighted by Gasteiger charge is 1.99. The molecule has 0 amide bonds. The van der Waals surface area contributed by atoms with Gasteiger partial charge in [-0.3, -0.25) is 0 Å². The molecule has 4 N–H and O–H groups in total. The van der Waals surface area contributed by atoms with Gasteiger partial charge in [-0.25, -0.2) is 0 Å². The van der Waals surface area contributed by atoms with Gasteiger partial charge < -0.3 is 16.2 Å². The Labute approximate surface area is 72.3 Å². The first-order valence-electron chi connectivity index (χ1n) is 3.94. The highest BCUT2D eigenvalue weighted by atomic mass is 16.5. The van der Waals surface area contributed by atoms with Gasteiger partial charge in [0.25, 0.3) is 0 Å². The molecule has 12 heavy (non-hydrogen) atoms. The fraction of sp³-hybridized carbons (Fsp3) is 0.333. The standard InChI is InChI=1S/C9H14N2O/c1-7(6-10)12-9-4-2-8(11)3-5-9/h2-5,7H,6,10-11H2,1H3. The molecule has 1 atom stereocenters. The summed E-state index contributed by atoms with van der Waals surface area (Å²) in [6, 6.07) is 7.28. The predicted molar refractivity (Wildman–Crippen MR) is 50.0 cm³/mol. The van der Waals surface area contributed by atoms with Crippen LogP contribution < -0.4 is 16.2 Å². The van der Waals surface area contributed by atoms with Crippen LogP contribution in [0.4, 0.5) is 5.69 Å². The Balaban J connectivity index is 2.58. The highest BCUT2D eigenvalue weighted by molar-refractivity contribution is 5.41. The molecule has 3 nitrogen and oxygen atoms in total. The third kappa shape index (κ3) is 2.43. The minimum atomic E-state index is 0.0497. The number of hydrogen-bond donors (Lipinski definition) is 2. The van der Waals surface area contributed by atoms with Crippen LogP contribution in [0.1, 0.15) is 6.92 Å². The molecule has 1 unspecified atom stereocenters. The zero-order valence-corrected chi connectivity index (χ0v) is 7.16. The zero-order valence-electron chi connectivity index (χ0n) is 7.16. The van der Waals surface area contributed by atoms with Crippen molar-refractivity contribution in [3.05, 3.63) is 24.3 Å². The van der Waals surface area contributed by atoms with E-state index in [0.29, 0.717) is 6.54 Å². The fourth-order valence-corrected chi connectivity index (χ4v) is 0.827. The van der Waals surface area contributed by atoms with E-state index in [9.17, 15) is 0 Å². The molecule has 1 aromatic carbocycles. The molecule has 0 bridgehead atoms. The van der Waals surface area contributed by atoms with E-state index in [2.05, 4.69) is 0 Å². The number of rotatable bonds is 3. The second kappa shape index (κ2) is 3.97. The maximum Gasteiger partial charge on any atom is 0.119 e. The summed E-state index contributed by atoms with van der Waals surface area (Å²) in [4.78, 5) is 0. The lowest BCUT2D eigenvalue weighted by atomic mass is 10.3. The molecule has 3 heteroatoms. The topological polar surface area (TPSA) is 61.3 Å². The number of nitrogens with two attached hydrogens (primary N) is 2. The molecule has 0 spiro atoms. The molecule has 0 saturated heterocycles. The van der Waals surface area contributed by atoms with E-state index in [0.717, 1.165) is 11.4 Å². The summed E-state index contributed by atoms with van der Waals surface area (Å²) in [5.41, 5.74) is 11.6. The van der Waals surface area contributed by atoms with Gasteiger partial charge in [0.1, 0.15) is 11.9 Å². The lowest BCUT2D eigenvalue weighted by Crippen LogP contribution is -2.22. The number of anilines is 1. The first kappa shape index (κ1) is 8.87. The first-order chi connectivity index (χ1) is 5.72. The van der Waals surface area contributed by atoms with Gasteiger partial charge >= 0.3 is 0 Å². The smallest absolute Gasteiger partial charge is 0.119 e. The van der Waals surface area contributed by atoms with Crippen LogP contribution in [0.5, 0.6) is 5.75 Å². The Morgan fingerprint density at radius 3 is 2.42 bits per heavy atom. The number of ether oxygens (including phenoxy) is 1. The minimum absolute atomic E-state index is 0.0497. The van der Waals surface area contributed by atoms with Crippen molar-refractivity contribution >= 4 is 5.69 Å². The number of benzene rings is 1. The Bertz CT molecular complexity index is 233. The minimum Gasteiger partial charge on any atom is -0.489 e. The molecule has 0 aliphatic carbocycles. The van der Waals surface area contributed by atoms with Gasteiger partial charge in [0.2, 0.25) is 0 Å². The van der Waals surface area contributed by atoms with Crippen LogP contribution in [0.25, 0.3) is 0 Å². The quantitative estimate of drug-likeness (QED) is 0.658. The van der Waals surface area contributed by atoms with Gasteiger partial charge in [-0.15, -0.1) is 0 Å². The molecule has 0 aliphatic rings. The third-order valence-electron chi connectivity index (χ3n) is 1.55.